The fourth-order valence-electron chi connectivity index (χ4n) is 1.25. The fraction of sp³-hybridized carbons (Fsp3) is 0.444. The first-order chi connectivity index (χ1) is 7.56. The zero-order chi connectivity index (χ0) is 12.1. The van der Waals surface area contributed by atoms with Crippen LogP contribution in [0.25, 0.3) is 0 Å². The highest BCUT2D eigenvalue weighted by Crippen LogP contribution is 2.13. The first-order valence-corrected chi connectivity index (χ1v) is 4.84. The van der Waals surface area contributed by atoms with Gasteiger partial charge in [0.05, 0.1) is 11.1 Å². The highest BCUT2D eigenvalue weighted by molar-refractivity contribution is 5.92. The molecule has 0 atom stereocenters. The lowest BCUT2D eigenvalue weighted by Crippen LogP contribution is -2.29. The molecule has 0 bridgehead atoms. The minimum absolute atomic E-state index is 0.115. The summed E-state index contributed by atoms with van der Waals surface area (Å²) in [4.78, 5) is 25.6. The summed E-state index contributed by atoms with van der Waals surface area (Å²) < 4.78 is 0. The van der Waals surface area contributed by atoms with Crippen molar-refractivity contribution in [3.63, 3.8) is 0 Å². The van der Waals surface area contributed by atoms with Crippen LogP contribution in [-0.4, -0.2) is 40.9 Å². The monoisotopic (exact) mass is 226 g/mol. The number of H-pyrrole nitrogens is 1. The maximum atomic E-state index is 11.7. The number of aromatic nitrogens is 1. The minimum atomic E-state index is -0.548. The third-order valence-electron chi connectivity index (χ3n) is 2.15. The highest BCUT2D eigenvalue weighted by atomic mass is 16.6. The molecule has 0 saturated heterocycles. The van der Waals surface area contributed by atoms with Crippen LogP contribution in [0.4, 0.5) is 5.69 Å². The predicted octanol–water partition coefficient (Wildman–Crippen LogP) is 0.344. The molecule has 1 heterocycles. The van der Waals surface area contributed by atoms with Gasteiger partial charge in [-0.3, -0.25) is 14.9 Å². The summed E-state index contributed by atoms with van der Waals surface area (Å²) in [6.45, 7) is 1.03. The molecule has 0 aliphatic carbocycles. The second-order valence-electron chi connectivity index (χ2n) is 3.40. The molecule has 0 spiro atoms. The minimum Gasteiger partial charge on any atom is -0.351 e. The van der Waals surface area contributed by atoms with Gasteiger partial charge in [0.25, 0.3) is 11.6 Å². The van der Waals surface area contributed by atoms with Gasteiger partial charge in [0.15, 0.2) is 0 Å². The third kappa shape index (κ3) is 2.80. The van der Waals surface area contributed by atoms with Gasteiger partial charge in [-0.2, -0.15) is 0 Å². The van der Waals surface area contributed by atoms with E-state index in [0.717, 1.165) is 0 Å². The molecule has 88 valence electrons. The van der Waals surface area contributed by atoms with Gasteiger partial charge in [-0.15, -0.1) is 0 Å². The second kappa shape index (κ2) is 5.26. The van der Waals surface area contributed by atoms with E-state index in [1.807, 2.05) is 0 Å². The number of hydrogen-bond donors (Lipinski definition) is 2. The van der Waals surface area contributed by atoms with Crippen molar-refractivity contribution in [2.75, 3.05) is 20.1 Å². The highest BCUT2D eigenvalue weighted by Gasteiger charge is 2.17. The Labute approximate surface area is 92.4 Å². The Morgan fingerprint density at radius 3 is 2.88 bits per heavy atom. The maximum absolute atomic E-state index is 11.7. The smallest absolute Gasteiger partial charge is 0.287 e. The van der Waals surface area contributed by atoms with Crippen LogP contribution in [0.5, 0.6) is 0 Å². The summed E-state index contributed by atoms with van der Waals surface area (Å²) in [6.07, 6.45) is 1.90. The van der Waals surface area contributed by atoms with Crippen LogP contribution in [0.1, 0.15) is 16.9 Å². The van der Waals surface area contributed by atoms with Crippen molar-refractivity contribution in [1.82, 2.24) is 9.88 Å². The molecule has 0 radical (unpaired) electrons. The largest absolute Gasteiger partial charge is 0.351 e. The van der Waals surface area contributed by atoms with E-state index in [2.05, 4.69) is 4.98 Å². The van der Waals surface area contributed by atoms with E-state index >= 15 is 0 Å². The number of amides is 1. The van der Waals surface area contributed by atoms with Crippen molar-refractivity contribution in [3.8, 4) is 0 Å². The van der Waals surface area contributed by atoms with Crippen molar-refractivity contribution in [1.29, 1.82) is 0 Å². The number of hydrogen-bond acceptors (Lipinski definition) is 4. The number of nitrogens with two attached hydrogens (primary N) is 1. The van der Waals surface area contributed by atoms with Crippen molar-refractivity contribution in [2.24, 2.45) is 5.73 Å². The molecule has 7 heteroatoms. The van der Waals surface area contributed by atoms with Crippen molar-refractivity contribution in [3.05, 3.63) is 28.1 Å². The molecule has 1 aromatic rings. The molecule has 1 rings (SSSR count). The Balaban J connectivity index is 2.68. The van der Waals surface area contributed by atoms with E-state index in [0.29, 0.717) is 19.5 Å². The van der Waals surface area contributed by atoms with E-state index in [4.69, 9.17) is 5.73 Å². The van der Waals surface area contributed by atoms with Gasteiger partial charge in [-0.05, 0) is 13.0 Å². The van der Waals surface area contributed by atoms with Crippen molar-refractivity contribution in [2.45, 2.75) is 6.42 Å². The van der Waals surface area contributed by atoms with Gasteiger partial charge in [0.2, 0.25) is 0 Å². The average molecular weight is 226 g/mol. The van der Waals surface area contributed by atoms with Crippen molar-refractivity contribution >= 4 is 11.6 Å². The van der Waals surface area contributed by atoms with E-state index < -0.39 is 4.92 Å². The average Bonchev–Trinajstić information content (AvgIpc) is 2.74. The molecule has 0 aliphatic rings. The fourth-order valence-corrected chi connectivity index (χ4v) is 1.25. The lowest BCUT2D eigenvalue weighted by molar-refractivity contribution is -0.384. The summed E-state index contributed by atoms with van der Waals surface area (Å²) in [7, 11) is 1.63. The topological polar surface area (TPSA) is 105 Å². The zero-order valence-electron chi connectivity index (χ0n) is 8.97. The predicted molar refractivity (Wildman–Crippen MR) is 58.1 cm³/mol. The third-order valence-corrected chi connectivity index (χ3v) is 2.15. The van der Waals surface area contributed by atoms with Gasteiger partial charge in [-0.25, -0.2) is 0 Å². The molecule has 16 heavy (non-hydrogen) atoms. The van der Waals surface area contributed by atoms with E-state index in [1.165, 1.54) is 17.2 Å². The summed E-state index contributed by atoms with van der Waals surface area (Å²) in [5.41, 5.74) is 5.42. The van der Waals surface area contributed by atoms with E-state index in [9.17, 15) is 14.9 Å². The molecule has 7 nitrogen and oxygen atoms in total. The van der Waals surface area contributed by atoms with Crippen LogP contribution in [0.3, 0.4) is 0 Å². The van der Waals surface area contributed by atoms with Crippen LogP contribution in [0.15, 0.2) is 12.3 Å². The Hall–Kier alpha value is -1.89. The van der Waals surface area contributed by atoms with Crippen LogP contribution >= 0.6 is 0 Å². The van der Waals surface area contributed by atoms with Gasteiger partial charge in [0.1, 0.15) is 5.69 Å². The van der Waals surface area contributed by atoms with E-state index in [-0.39, 0.29) is 17.3 Å². The first-order valence-electron chi connectivity index (χ1n) is 4.84. The molecule has 0 aliphatic heterocycles. The van der Waals surface area contributed by atoms with Gasteiger partial charge in [-0.1, -0.05) is 0 Å². The molecule has 3 N–H and O–H groups in total. The lowest BCUT2D eigenvalue weighted by atomic mass is 10.3. The maximum Gasteiger partial charge on any atom is 0.287 e. The number of nitrogens with one attached hydrogen (secondary N) is 1. The lowest BCUT2D eigenvalue weighted by Gasteiger charge is -2.15. The summed E-state index contributed by atoms with van der Waals surface area (Å²) >= 11 is 0. The van der Waals surface area contributed by atoms with Crippen LogP contribution in [0.2, 0.25) is 0 Å². The second-order valence-corrected chi connectivity index (χ2v) is 3.40. The Kier molecular flexibility index (Phi) is 4.01. The summed E-state index contributed by atoms with van der Waals surface area (Å²) in [6, 6.07) is 1.22. The van der Waals surface area contributed by atoms with Crippen LogP contribution in [-0.2, 0) is 0 Å². The standard InChI is InChI=1S/C9H14N4O3/c1-12(4-2-3-10)9(14)8-5-7(6-11-8)13(15)16/h5-6,11H,2-4,10H2,1H3. The van der Waals surface area contributed by atoms with Crippen LogP contribution in [0, 0.1) is 10.1 Å². The van der Waals surface area contributed by atoms with Crippen molar-refractivity contribution < 1.29 is 9.72 Å². The quantitative estimate of drug-likeness (QED) is 0.558. The zero-order valence-corrected chi connectivity index (χ0v) is 8.97. The Morgan fingerprint density at radius 2 is 2.38 bits per heavy atom. The molecule has 0 saturated carbocycles. The number of rotatable bonds is 5. The van der Waals surface area contributed by atoms with Gasteiger partial charge in [0, 0.05) is 19.7 Å². The van der Waals surface area contributed by atoms with Gasteiger partial charge >= 0.3 is 0 Å². The Morgan fingerprint density at radius 1 is 1.69 bits per heavy atom. The number of carbonyl (C=O) groups excluding carboxylic acids is 1. The molecule has 0 aromatic carbocycles. The normalized spacial score (nSPS) is 10.1. The van der Waals surface area contributed by atoms with E-state index in [1.54, 1.807) is 7.05 Å². The molecular formula is C9H14N4O3. The number of nitrogens with zero attached hydrogens (tertiary/aromatic N) is 2. The van der Waals surface area contributed by atoms with Crippen LogP contribution < -0.4 is 5.73 Å². The SMILES string of the molecule is CN(CCCN)C(=O)c1cc([N+](=O)[O-])c[nH]1. The molecule has 1 amide bonds. The van der Waals surface area contributed by atoms with Gasteiger partial charge < -0.3 is 15.6 Å². The summed E-state index contributed by atoms with van der Waals surface area (Å²) in [5.74, 6) is -0.276. The number of carbonyl (C=O) groups is 1. The summed E-state index contributed by atoms with van der Waals surface area (Å²) in [5, 5.41) is 10.4. The Bertz CT molecular complexity index is 388. The molecule has 1 aromatic heterocycles. The molecule has 0 fully saturated rings. The first kappa shape index (κ1) is 12.2. The number of aromatic amines is 1. The molecular weight excluding hydrogens is 212 g/mol. The molecule has 0 unspecified atom stereocenters. The number of nitro groups is 1.